The highest BCUT2D eigenvalue weighted by Crippen LogP contribution is 2.08. The molecule has 19 heavy (non-hydrogen) atoms. The molecule has 0 atom stereocenters. The Morgan fingerprint density at radius 3 is 2.05 bits per heavy atom. The molecule has 0 aromatic rings. The lowest BCUT2D eigenvalue weighted by Crippen LogP contribution is -2.28. The number of hydrogen-bond donors (Lipinski definition) is 2. The summed E-state index contributed by atoms with van der Waals surface area (Å²) in [6.45, 7) is 2.16. The van der Waals surface area contributed by atoms with E-state index < -0.39 is 16.0 Å². The van der Waals surface area contributed by atoms with Crippen LogP contribution < -0.4 is 4.72 Å². The van der Waals surface area contributed by atoms with E-state index in [1.165, 1.54) is 32.1 Å². The number of rotatable bonds is 13. The minimum atomic E-state index is -3.29. The third-order valence-corrected chi connectivity index (χ3v) is 4.40. The van der Waals surface area contributed by atoms with Gasteiger partial charge in [0.05, 0.1) is 12.2 Å². The first-order chi connectivity index (χ1) is 8.98. The van der Waals surface area contributed by atoms with Crippen molar-refractivity contribution in [3.63, 3.8) is 0 Å². The van der Waals surface area contributed by atoms with Crippen LogP contribution in [0.15, 0.2) is 0 Å². The highest BCUT2D eigenvalue weighted by Gasteiger charge is 2.09. The zero-order chi connectivity index (χ0) is 14.6. The second kappa shape index (κ2) is 11.2. The van der Waals surface area contributed by atoms with Crippen LogP contribution in [0.25, 0.3) is 0 Å². The minimum absolute atomic E-state index is 0.0192. The summed E-state index contributed by atoms with van der Waals surface area (Å²) >= 11 is 0. The summed E-state index contributed by atoms with van der Waals surface area (Å²) in [7, 11) is -3.29. The van der Waals surface area contributed by atoms with Crippen LogP contribution in [0.3, 0.4) is 0 Å². The normalized spacial score (nSPS) is 11.6. The molecule has 5 nitrogen and oxygen atoms in total. The van der Waals surface area contributed by atoms with Crippen molar-refractivity contribution >= 4 is 16.0 Å². The summed E-state index contributed by atoms with van der Waals surface area (Å²) in [5, 5.41) is 8.41. The number of nitrogens with one attached hydrogen (secondary N) is 1. The maximum Gasteiger partial charge on any atom is 0.304 e. The topological polar surface area (TPSA) is 83.5 Å². The van der Waals surface area contributed by atoms with Gasteiger partial charge in [0.25, 0.3) is 0 Å². The Bertz CT molecular complexity index is 328. The van der Waals surface area contributed by atoms with Gasteiger partial charge in [0, 0.05) is 6.54 Å². The van der Waals surface area contributed by atoms with Crippen LogP contribution in [-0.4, -0.2) is 31.8 Å². The standard InChI is InChI=1S/C13H27NO4S/c1-2-3-4-5-6-7-8-9-12-19(17,18)14-11-10-13(15)16/h14H,2-12H2,1H3,(H,15,16). The van der Waals surface area contributed by atoms with Gasteiger partial charge < -0.3 is 5.11 Å². The molecule has 0 spiro atoms. The molecule has 0 fully saturated rings. The van der Waals surface area contributed by atoms with Crippen molar-refractivity contribution in [3.05, 3.63) is 0 Å². The second-order valence-electron chi connectivity index (χ2n) is 4.83. The summed E-state index contributed by atoms with van der Waals surface area (Å²) in [6.07, 6.45) is 8.67. The largest absolute Gasteiger partial charge is 0.481 e. The van der Waals surface area contributed by atoms with Crippen LogP contribution in [0, 0.1) is 0 Å². The van der Waals surface area contributed by atoms with Gasteiger partial charge in [-0.1, -0.05) is 51.9 Å². The molecule has 0 bridgehead atoms. The van der Waals surface area contributed by atoms with Crippen LogP contribution in [0.5, 0.6) is 0 Å². The smallest absolute Gasteiger partial charge is 0.304 e. The average molecular weight is 293 g/mol. The van der Waals surface area contributed by atoms with Gasteiger partial charge in [0.1, 0.15) is 0 Å². The molecular formula is C13H27NO4S. The minimum Gasteiger partial charge on any atom is -0.481 e. The summed E-state index contributed by atoms with van der Waals surface area (Å²) in [6, 6.07) is 0. The average Bonchev–Trinajstić information content (AvgIpc) is 2.31. The van der Waals surface area contributed by atoms with E-state index in [1.807, 2.05) is 0 Å². The van der Waals surface area contributed by atoms with Crippen LogP contribution >= 0.6 is 0 Å². The molecule has 0 saturated heterocycles. The molecule has 114 valence electrons. The van der Waals surface area contributed by atoms with Gasteiger partial charge in [-0.15, -0.1) is 0 Å². The van der Waals surface area contributed by atoms with Gasteiger partial charge in [0.2, 0.25) is 10.0 Å². The van der Waals surface area contributed by atoms with Crippen molar-refractivity contribution < 1.29 is 18.3 Å². The molecule has 0 aliphatic rings. The third kappa shape index (κ3) is 13.6. The number of sulfonamides is 1. The lowest BCUT2D eigenvalue weighted by atomic mass is 10.1. The molecule has 0 unspecified atom stereocenters. The molecule has 0 radical (unpaired) electrons. The van der Waals surface area contributed by atoms with E-state index in [9.17, 15) is 13.2 Å². The fourth-order valence-corrected chi connectivity index (χ4v) is 2.95. The molecule has 0 aliphatic carbocycles. The number of carboxylic acid groups (broad SMARTS) is 1. The molecule has 2 N–H and O–H groups in total. The van der Waals surface area contributed by atoms with E-state index in [-0.39, 0.29) is 18.7 Å². The molecule has 0 saturated carbocycles. The lowest BCUT2D eigenvalue weighted by Gasteiger charge is -2.05. The van der Waals surface area contributed by atoms with E-state index in [0.717, 1.165) is 12.8 Å². The van der Waals surface area contributed by atoms with Crippen LogP contribution in [0.4, 0.5) is 0 Å². The van der Waals surface area contributed by atoms with E-state index in [1.54, 1.807) is 0 Å². The number of unbranched alkanes of at least 4 members (excludes halogenated alkanes) is 7. The molecule has 0 aliphatic heterocycles. The summed E-state index contributed by atoms with van der Waals surface area (Å²) < 4.78 is 25.3. The monoisotopic (exact) mass is 293 g/mol. The predicted molar refractivity (Wildman–Crippen MR) is 76.7 cm³/mol. The fourth-order valence-electron chi connectivity index (χ4n) is 1.81. The van der Waals surface area contributed by atoms with Crippen molar-refractivity contribution in [2.75, 3.05) is 12.3 Å². The van der Waals surface area contributed by atoms with Gasteiger partial charge in [-0.25, -0.2) is 13.1 Å². The van der Waals surface area contributed by atoms with Gasteiger partial charge >= 0.3 is 5.97 Å². The molecule has 0 amide bonds. The quantitative estimate of drug-likeness (QED) is 0.511. The predicted octanol–water partition coefficient (Wildman–Crippen LogP) is 2.52. The fraction of sp³-hybridized carbons (Fsp3) is 0.923. The van der Waals surface area contributed by atoms with E-state index in [4.69, 9.17) is 5.11 Å². The number of aliphatic carboxylic acids is 1. The number of carbonyl (C=O) groups is 1. The van der Waals surface area contributed by atoms with Gasteiger partial charge in [-0.2, -0.15) is 0 Å². The van der Waals surface area contributed by atoms with Gasteiger partial charge in [-0.3, -0.25) is 4.79 Å². The van der Waals surface area contributed by atoms with Crippen molar-refractivity contribution in [1.29, 1.82) is 0 Å². The second-order valence-corrected chi connectivity index (χ2v) is 6.76. The van der Waals surface area contributed by atoms with Crippen molar-refractivity contribution in [2.24, 2.45) is 0 Å². The zero-order valence-corrected chi connectivity index (χ0v) is 12.7. The molecule has 0 rings (SSSR count). The van der Waals surface area contributed by atoms with E-state index in [0.29, 0.717) is 6.42 Å². The van der Waals surface area contributed by atoms with Crippen molar-refractivity contribution in [3.8, 4) is 0 Å². The Morgan fingerprint density at radius 1 is 1.00 bits per heavy atom. The molecule has 0 heterocycles. The van der Waals surface area contributed by atoms with E-state index in [2.05, 4.69) is 11.6 Å². The highest BCUT2D eigenvalue weighted by atomic mass is 32.2. The Hall–Kier alpha value is -0.620. The zero-order valence-electron chi connectivity index (χ0n) is 11.9. The molecular weight excluding hydrogens is 266 g/mol. The molecule has 6 heteroatoms. The Kier molecular flexibility index (Phi) is 10.9. The third-order valence-electron chi connectivity index (χ3n) is 2.93. The van der Waals surface area contributed by atoms with Crippen LogP contribution in [0.1, 0.15) is 64.7 Å². The Labute approximate surface area is 116 Å². The first-order valence-corrected chi connectivity index (χ1v) is 8.82. The Balaban J connectivity index is 3.45. The van der Waals surface area contributed by atoms with Gasteiger partial charge in [-0.05, 0) is 6.42 Å². The van der Waals surface area contributed by atoms with Crippen molar-refractivity contribution in [2.45, 2.75) is 64.7 Å². The first kappa shape index (κ1) is 18.4. The highest BCUT2D eigenvalue weighted by molar-refractivity contribution is 7.89. The number of hydrogen-bond acceptors (Lipinski definition) is 3. The first-order valence-electron chi connectivity index (χ1n) is 7.17. The maximum atomic E-state index is 11.5. The summed E-state index contributed by atoms with van der Waals surface area (Å²) in [4.78, 5) is 10.3. The Morgan fingerprint density at radius 2 is 1.53 bits per heavy atom. The summed E-state index contributed by atoms with van der Waals surface area (Å²) in [5.41, 5.74) is 0. The maximum absolute atomic E-state index is 11.5. The van der Waals surface area contributed by atoms with E-state index >= 15 is 0 Å². The number of carboxylic acids is 1. The SMILES string of the molecule is CCCCCCCCCCS(=O)(=O)NCCC(=O)O. The van der Waals surface area contributed by atoms with Crippen molar-refractivity contribution in [1.82, 2.24) is 4.72 Å². The molecule has 0 aromatic heterocycles. The van der Waals surface area contributed by atoms with Crippen LogP contribution in [0.2, 0.25) is 0 Å². The molecule has 0 aromatic carbocycles. The lowest BCUT2D eigenvalue weighted by molar-refractivity contribution is -0.136. The van der Waals surface area contributed by atoms with Crippen LogP contribution in [-0.2, 0) is 14.8 Å². The summed E-state index contributed by atoms with van der Waals surface area (Å²) in [5.74, 6) is -0.892. The van der Waals surface area contributed by atoms with Gasteiger partial charge in [0.15, 0.2) is 0 Å².